The van der Waals surface area contributed by atoms with Gasteiger partial charge in [-0.1, -0.05) is 24.4 Å². The number of halogens is 1. The quantitative estimate of drug-likeness (QED) is 0.629. The van der Waals surface area contributed by atoms with Crippen LogP contribution in [0.15, 0.2) is 24.4 Å². The number of fused-ring (bicyclic) bond motifs is 1. The standard InChI is InChI=1S/C17H20ClNO3/c18-14-11-13(12-16-17(14)22-10-9-21-16)15(20)5-8-19-6-3-1-2-4-7-19/h5,8,11-12H,1-4,6-7,9-10H2/b8-5+. The lowest BCUT2D eigenvalue weighted by Gasteiger charge is -2.20. The zero-order chi connectivity index (χ0) is 15.4. The molecule has 0 amide bonds. The van der Waals surface area contributed by atoms with E-state index in [0.717, 1.165) is 13.1 Å². The summed E-state index contributed by atoms with van der Waals surface area (Å²) >= 11 is 6.17. The fourth-order valence-corrected chi connectivity index (χ4v) is 3.03. The number of carbonyl (C=O) groups excluding carboxylic acids is 1. The fourth-order valence-electron chi connectivity index (χ4n) is 2.77. The summed E-state index contributed by atoms with van der Waals surface area (Å²) in [6.45, 7) is 3.00. The maximum Gasteiger partial charge on any atom is 0.187 e. The van der Waals surface area contributed by atoms with Crippen molar-refractivity contribution in [3.63, 3.8) is 0 Å². The largest absolute Gasteiger partial charge is 0.486 e. The molecule has 22 heavy (non-hydrogen) atoms. The molecule has 0 bridgehead atoms. The van der Waals surface area contributed by atoms with Crippen LogP contribution in [-0.4, -0.2) is 37.0 Å². The van der Waals surface area contributed by atoms with E-state index in [1.165, 1.54) is 25.7 Å². The zero-order valence-electron chi connectivity index (χ0n) is 12.5. The van der Waals surface area contributed by atoms with Crippen LogP contribution in [0.4, 0.5) is 0 Å². The van der Waals surface area contributed by atoms with Crippen molar-refractivity contribution in [2.75, 3.05) is 26.3 Å². The molecule has 1 saturated heterocycles. The van der Waals surface area contributed by atoms with E-state index in [9.17, 15) is 4.79 Å². The van der Waals surface area contributed by atoms with E-state index in [-0.39, 0.29) is 5.78 Å². The molecule has 0 unspecified atom stereocenters. The molecule has 0 saturated carbocycles. The molecule has 118 valence electrons. The van der Waals surface area contributed by atoms with Crippen molar-refractivity contribution < 1.29 is 14.3 Å². The van der Waals surface area contributed by atoms with Gasteiger partial charge in [-0.25, -0.2) is 0 Å². The van der Waals surface area contributed by atoms with Gasteiger partial charge in [-0.05, 0) is 25.0 Å². The number of carbonyl (C=O) groups is 1. The Morgan fingerprint density at radius 1 is 1.09 bits per heavy atom. The molecule has 1 fully saturated rings. The maximum absolute atomic E-state index is 12.3. The Hall–Kier alpha value is -1.68. The summed E-state index contributed by atoms with van der Waals surface area (Å²) in [5, 5.41) is 0.420. The Morgan fingerprint density at radius 2 is 1.82 bits per heavy atom. The monoisotopic (exact) mass is 321 g/mol. The highest BCUT2D eigenvalue weighted by Crippen LogP contribution is 2.38. The van der Waals surface area contributed by atoms with Gasteiger partial charge in [-0.2, -0.15) is 0 Å². The average molecular weight is 322 g/mol. The van der Waals surface area contributed by atoms with Crippen LogP contribution < -0.4 is 9.47 Å². The number of ether oxygens (including phenoxy) is 2. The predicted molar refractivity (Wildman–Crippen MR) is 86.0 cm³/mol. The normalized spacial score (nSPS) is 18.3. The van der Waals surface area contributed by atoms with Gasteiger partial charge in [0.15, 0.2) is 17.3 Å². The Morgan fingerprint density at radius 3 is 2.59 bits per heavy atom. The molecule has 2 aliphatic rings. The highest BCUT2D eigenvalue weighted by molar-refractivity contribution is 6.32. The van der Waals surface area contributed by atoms with Crippen LogP contribution in [0.3, 0.4) is 0 Å². The van der Waals surface area contributed by atoms with Gasteiger partial charge in [0.1, 0.15) is 13.2 Å². The first-order valence-electron chi connectivity index (χ1n) is 7.80. The van der Waals surface area contributed by atoms with Crippen LogP contribution in [0.5, 0.6) is 11.5 Å². The van der Waals surface area contributed by atoms with E-state index in [1.807, 2.05) is 6.20 Å². The molecule has 0 N–H and O–H groups in total. The van der Waals surface area contributed by atoms with Crippen LogP contribution in [0.25, 0.3) is 0 Å². The summed E-state index contributed by atoms with van der Waals surface area (Å²) in [6.07, 6.45) is 8.44. The van der Waals surface area contributed by atoms with Crippen molar-refractivity contribution >= 4 is 17.4 Å². The van der Waals surface area contributed by atoms with Crippen LogP contribution in [0.1, 0.15) is 36.0 Å². The van der Waals surface area contributed by atoms with E-state index in [2.05, 4.69) is 4.90 Å². The number of likely N-dealkylation sites (tertiary alicyclic amines) is 1. The molecule has 0 spiro atoms. The Balaban J connectivity index is 1.73. The van der Waals surface area contributed by atoms with Crippen LogP contribution in [0.2, 0.25) is 5.02 Å². The zero-order valence-corrected chi connectivity index (χ0v) is 13.3. The van der Waals surface area contributed by atoms with Crippen molar-refractivity contribution in [1.29, 1.82) is 0 Å². The van der Waals surface area contributed by atoms with Gasteiger partial charge in [0.25, 0.3) is 0 Å². The molecule has 1 aromatic rings. The maximum atomic E-state index is 12.3. The highest BCUT2D eigenvalue weighted by atomic mass is 35.5. The van der Waals surface area contributed by atoms with Crippen molar-refractivity contribution in [3.05, 3.63) is 35.0 Å². The molecule has 0 atom stereocenters. The third-order valence-corrected chi connectivity index (χ3v) is 4.24. The topological polar surface area (TPSA) is 38.8 Å². The van der Waals surface area contributed by atoms with Crippen LogP contribution in [0, 0.1) is 0 Å². The molecule has 0 radical (unpaired) electrons. The van der Waals surface area contributed by atoms with Gasteiger partial charge in [-0.15, -0.1) is 0 Å². The molecule has 0 aliphatic carbocycles. The van der Waals surface area contributed by atoms with Crippen molar-refractivity contribution in [3.8, 4) is 11.5 Å². The second kappa shape index (κ2) is 7.05. The first kappa shape index (κ1) is 15.2. The number of benzene rings is 1. The smallest absolute Gasteiger partial charge is 0.187 e. The van der Waals surface area contributed by atoms with E-state index in [0.29, 0.717) is 35.3 Å². The Bertz CT molecular complexity index is 578. The van der Waals surface area contributed by atoms with Crippen LogP contribution >= 0.6 is 11.6 Å². The van der Waals surface area contributed by atoms with E-state index in [4.69, 9.17) is 21.1 Å². The van der Waals surface area contributed by atoms with E-state index in [1.54, 1.807) is 18.2 Å². The summed E-state index contributed by atoms with van der Waals surface area (Å²) in [5.41, 5.74) is 0.528. The minimum atomic E-state index is -0.0666. The fraction of sp³-hybridized carbons (Fsp3) is 0.471. The van der Waals surface area contributed by atoms with E-state index < -0.39 is 0 Å². The molecule has 2 aliphatic heterocycles. The second-order valence-electron chi connectivity index (χ2n) is 5.61. The van der Waals surface area contributed by atoms with Crippen molar-refractivity contribution in [1.82, 2.24) is 4.90 Å². The van der Waals surface area contributed by atoms with Gasteiger partial charge in [0.05, 0.1) is 5.02 Å². The summed E-state index contributed by atoms with van der Waals surface area (Å²) in [5.74, 6) is 1.01. The summed E-state index contributed by atoms with van der Waals surface area (Å²) in [4.78, 5) is 14.6. The average Bonchev–Trinajstić information content (AvgIpc) is 2.81. The number of nitrogens with zero attached hydrogens (tertiary/aromatic N) is 1. The third-order valence-electron chi connectivity index (χ3n) is 3.96. The summed E-state index contributed by atoms with van der Waals surface area (Å²) < 4.78 is 11.0. The first-order valence-corrected chi connectivity index (χ1v) is 8.17. The lowest BCUT2D eigenvalue weighted by molar-refractivity contribution is 0.104. The Kier molecular flexibility index (Phi) is 4.88. The minimum Gasteiger partial charge on any atom is -0.486 e. The summed E-state index contributed by atoms with van der Waals surface area (Å²) in [6, 6.07) is 3.35. The van der Waals surface area contributed by atoms with Gasteiger partial charge in [0, 0.05) is 30.9 Å². The molecule has 4 nitrogen and oxygen atoms in total. The van der Waals surface area contributed by atoms with Gasteiger partial charge in [0.2, 0.25) is 0 Å². The molecule has 5 heteroatoms. The highest BCUT2D eigenvalue weighted by Gasteiger charge is 2.18. The number of hydrogen-bond acceptors (Lipinski definition) is 4. The molecule has 3 rings (SSSR count). The van der Waals surface area contributed by atoms with E-state index >= 15 is 0 Å². The molecular weight excluding hydrogens is 302 g/mol. The van der Waals surface area contributed by atoms with Gasteiger partial charge < -0.3 is 14.4 Å². The van der Waals surface area contributed by atoms with Crippen molar-refractivity contribution in [2.24, 2.45) is 0 Å². The van der Waals surface area contributed by atoms with Gasteiger partial charge >= 0.3 is 0 Å². The molecule has 0 aromatic heterocycles. The lowest BCUT2D eigenvalue weighted by Crippen LogP contribution is -2.18. The minimum absolute atomic E-state index is 0.0666. The Labute approximate surface area is 135 Å². The first-order chi connectivity index (χ1) is 10.7. The number of hydrogen-bond donors (Lipinski definition) is 0. The van der Waals surface area contributed by atoms with Crippen molar-refractivity contribution in [2.45, 2.75) is 25.7 Å². The number of rotatable bonds is 3. The number of allylic oxidation sites excluding steroid dienone is 1. The predicted octanol–water partition coefficient (Wildman–Crippen LogP) is 3.68. The van der Waals surface area contributed by atoms with Crippen LogP contribution in [-0.2, 0) is 0 Å². The third kappa shape index (κ3) is 3.55. The van der Waals surface area contributed by atoms with Gasteiger partial charge in [-0.3, -0.25) is 4.79 Å². The molecule has 2 heterocycles. The SMILES string of the molecule is O=C(/C=C/N1CCCCCC1)c1cc(Cl)c2c(c1)OCCO2. The number of ketones is 1. The summed E-state index contributed by atoms with van der Waals surface area (Å²) in [7, 11) is 0. The molecule has 1 aromatic carbocycles. The molecular formula is C17H20ClNO3. The second-order valence-corrected chi connectivity index (χ2v) is 6.02. The lowest BCUT2D eigenvalue weighted by atomic mass is 10.1.